The van der Waals surface area contributed by atoms with Crippen LogP contribution in [0.1, 0.15) is 27.4 Å². The summed E-state index contributed by atoms with van der Waals surface area (Å²) < 4.78 is 21.6. The Balaban J connectivity index is 1.72. The Labute approximate surface area is 192 Å². The summed E-state index contributed by atoms with van der Waals surface area (Å²) in [7, 11) is 1.25. The van der Waals surface area contributed by atoms with Gasteiger partial charge in [0.05, 0.1) is 12.7 Å². The van der Waals surface area contributed by atoms with E-state index < -0.39 is 23.3 Å². The van der Waals surface area contributed by atoms with E-state index in [1.165, 1.54) is 13.2 Å². The molecule has 33 heavy (non-hydrogen) atoms. The van der Waals surface area contributed by atoms with Gasteiger partial charge in [-0.15, -0.1) is 0 Å². The number of fused-ring (bicyclic) bond motifs is 2. The molecule has 0 bridgehead atoms. The first kappa shape index (κ1) is 21.0. The molecule has 2 aliphatic heterocycles. The number of carbonyl (C=O) groups excluding carboxylic acids is 1. The molecule has 2 aliphatic rings. The van der Waals surface area contributed by atoms with Gasteiger partial charge in [0.2, 0.25) is 0 Å². The molecule has 0 aliphatic carbocycles. The molecule has 1 aromatic heterocycles. The molecule has 0 saturated carbocycles. The second-order valence-corrected chi connectivity index (χ2v) is 8.06. The van der Waals surface area contributed by atoms with Crippen molar-refractivity contribution in [1.82, 2.24) is 19.7 Å². The lowest BCUT2D eigenvalue weighted by atomic mass is 9.90. The number of methoxy groups -OCH3 is 1. The first-order valence-corrected chi connectivity index (χ1v) is 10.5. The summed E-state index contributed by atoms with van der Waals surface area (Å²) in [5.41, 5.74) is 2.20. The summed E-state index contributed by atoms with van der Waals surface area (Å²) in [6, 6.07) is 12.3. The summed E-state index contributed by atoms with van der Waals surface area (Å²) in [4.78, 5) is 27.9. The van der Waals surface area contributed by atoms with Crippen LogP contribution in [0.3, 0.4) is 0 Å². The summed E-state index contributed by atoms with van der Waals surface area (Å²) in [5, 5.41) is 7.52. The highest BCUT2D eigenvalue weighted by Gasteiger charge is 2.27. The Bertz CT molecular complexity index is 1500. The van der Waals surface area contributed by atoms with E-state index in [2.05, 4.69) is 15.2 Å². The molecular formula is C24H18ClFN4O3. The highest BCUT2D eigenvalue weighted by Crippen LogP contribution is 2.37. The lowest BCUT2D eigenvalue weighted by molar-refractivity contribution is 0.0600. The number of halogens is 2. The lowest BCUT2D eigenvalue weighted by Crippen LogP contribution is -2.17. The molecule has 166 valence electrons. The highest BCUT2D eigenvalue weighted by atomic mass is 35.5. The van der Waals surface area contributed by atoms with Gasteiger partial charge in [-0.05, 0) is 23.8 Å². The number of H-pyrrole nitrogens is 2. The third-order valence-corrected chi connectivity index (χ3v) is 6.09. The number of esters is 1. The van der Waals surface area contributed by atoms with Crippen LogP contribution < -0.4 is 5.56 Å². The first-order chi connectivity index (χ1) is 16.0. The van der Waals surface area contributed by atoms with Gasteiger partial charge in [-0.3, -0.25) is 4.79 Å². The van der Waals surface area contributed by atoms with Gasteiger partial charge in [-0.2, -0.15) is 5.10 Å². The number of benzene rings is 2. The first-order valence-electron chi connectivity index (χ1n) is 10.1. The van der Waals surface area contributed by atoms with E-state index in [9.17, 15) is 9.59 Å². The maximum absolute atomic E-state index is 15.1. The minimum Gasteiger partial charge on any atom is -0.465 e. The van der Waals surface area contributed by atoms with Crippen LogP contribution in [-0.2, 0) is 11.3 Å². The molecule has 0 radical (unpaired) electrons. The number of pyridine rings is 1. The van der Waals surface area contributed by atoms with Crippen molar-refractivity contribution in [2.24, 2.45) is 0 Å². The van der Waals surface area contributed by atoms with Crippen LogP contribution in [0.25, 0.3) is 22.2 Å². The summed E-state index contributed by atoms with van der Waals surface area (Å²) >= 11 is 6.47. The van der Waals surface area contributed by atoms with Gasteiger partial charge in [-0.25, -0.2) is 14.3 Å². The molecule has 3 heterocycles. The van der Waals surface area contributed by atoms with E-state index in [1.807, 2.05) is 30.5 Å². The zero-order valence-electron chi connectivity index (χ0n) is 17.4. The van der Waals surface area contributed by atoms with E-state index in [0.29, 0.717) is 5.56 Å². The van der Waals surface area contributed by atoms with E-state index in [4.69, 9.17) is 16.3 Å². The topological polar surface area (TPSA) is 92.8 Å². The zero-order chi connectivity index (χ0) is 23.1. The third kappa shape index (κ3) is 3.58. The van der Waals surface area contributed by atoms with Crippen molar-refractivity contribution in [3.8, 4) is 11.3 Å². The summed E-state index contributed by atoms with van der Waals surface area (Å²) in [6.45, 7) is 0.201. The van der Waals surface area contributed by atoms with Crippen LogP contribution in [-0.4, -0.2) is 32.8 Å². The molecule has 9 heteroatoms. The predicted molar refractivity (Wildman–Crippen MR) is 122 cm³/mol. The molecule has 2 N–H and O–H groups in total. The molecular weight excluding hydrogens is 447 g/mol. The van der Waals surface area contributed by atoms with Crippen molar-refractivity contribution in [2.45, 2.75) is 12.5 Å². The number of carbonyl (C=O) groups is 1. The van der Waals surface area contributed by atoms with Gasteiger partial charge in [0.25, 0.3) is 5.56 Å². The molecule has 3 aromatic rings. The molecule has 0 saturated heterocycles. The summed E-state index contributed by atoms with van der Waals surface area (Å²) in [5.74, 6) is -1.60. The number of hydrogen-bond acceptors (Lipinski definition) is 4. The van der Waals surface area contributed by atoms with Gasteiger partial charge in [0.1, 0.15) is 17.1 Å². The third-order valence-electron chi connectivity index (χ3n) is 5.76. The maximum Gasteiger partial charge on any atom is 0.341 e. The quantitative estimate of drug-likeness (QED) is 0.373. The zero-order valence-corrected chi connectivity index (χ0v) is 18.2. The number of hydrogen-bond donors (Lipinski definition) is 2. The van der Waals surface area contributed by atoms with Gasteiger partial charge in [0.15, 0.2) is 0 Å². The van der Waals surface area contributed by atoms with Crippen LogP contribution in [0.2, 0.25) is 5.02 Å². The molecule has 0 fully saturated rings. The molecule has 0 amide bonds. The second kappa shape index (κ2) is 8.22. The largest absolute Gasteiger partial charge is 0.465 e. The van der Waals surface area contributed by atoms with E-state index in [1.54, 1.807) is 29.1 Å². The van der Waals surface area contributed by atoms with Crippen LogP contribution in [0, 0.1) is 5.82 Å². The molecule has 2 aromatic carbocycles. The molecule has 0 unspecified atom stereocenters. The Kier molecular flexibility index (Phi) is 5.22. The van der Waals surface area contributed by atoms with E-state index in [-0.39, 0.29) is 28.4 Å². The number of ether oxygens (including phenoxy) is 1. The lowest BCUT2D eigenvalue weighted by Gasteiger charge is -2.22. The highest BCUT2D eigenvalue weighted by molar-refractivity contribution is 6.31. The Morgan fingerprint density at radius 1 is 1.21 bits per heavy atom. The number of rotatable bonds is 5. The normalized spacial score (nSPS) is 12.3. The van der Waals surface area contributed by atoms with Gasteiger partial charge in [-0.1, -0.05) is 35.9 Å². The molecule has 1 atom stereocenters. The van der Waals surface area contributed by atoms with Crippen LogP contribution in [0.15, 0.2) is 65.8 Å². The van der Waals surface area contributed by atoms with E-state index in [0.717, 1.165) is 16.5 Å². The minimum absolute atomic E-state index is 0.130. The Hall–Kier alpha value is -3.91. The number of para-hydroxylation sites is 1. The van der Waals surface area contributed by atoms with Crippen molar-refractivity contribution >= 4 is 28.5 Å². The number of nitrogens with one attached hydrogen (secondary N) is 2. The smallest absolute Gasteiger partial charge is 0.341 e. The van der Waals surface area contributed by atoms with Gasteiger partial charge >= 0.3 is 5.97 Å². The Morgan fingerprint density at radius 3 is 2.82 bits per heavy atom. The Morgan fingerprint density at radius 2 is 2.03 bits per heavy atom. The molecule has 5 rings (SSSR count). The van der Waals surface area contributed by atoms with Gasteiger partial charge in [0, 0.05) is 52.5 Å². The second-order valence-electron chi connectivity index (χ2n) is 7.65. The van der Waals surface area contributed by atoms with Crippen LogP contribution in [0.5, 0.6) is 0 Å². The van der Waals surface area contributed by atoms with Crippen molar-refractivity contribution in [3.63, 3.8) is 0 Å². The SMILES string of the molecule is COC(=O)c1cn(C[C@@H](c2c(F)cccc2Cl)c2c[nH]c3ccccc23)cc2c(=O)[nH]nc1-2. The van der Waals surface area contributed by atoms with Crippen molar-refractivity contribution in [2.75, 3.05) is 7.11 Å². The predicted octanol–water partition coefficient (Wildman–Crippen LogP) is 4.57. The van der Waals surface area contributed by atoms with Crippen LogP contribution >= 0.6 is 11.6 Å². The fourth-order valence-corrected chi connectivity index (χ4v) is 4.53. The maximum atomic E-state index is 15.1. The van der Waals surface area contributed by atoms with Crippen molar-refractivity contribution in [1.29, 1.82) is 0 Å². The van der Waals surface area contributed by atoms with E-state index >= 15 is 4.39 Å². The summed E-state index contributed by atoms with van der Waals surface area (Å²) in [6.07, 6.45) is 4.96. The van der Waals surface area contributed by atoms with Crippen molar-refractivity contribution < 1.29 is 13.9 Å². The number of aromatic nitrogens is 4. The molecule has 7 nitrogen and oxygen atoms in total. The van der Waals surface area contributed by atoms with Gasteiger partial charge < -0.3 is 14.3 Å². The minimum atomic E-state index is -0.631. The monoisotopic (exact) mass is 464 g/mol. The standard InChI is InChI=1S/C24H18ClFN4O3/c1-33-24(32)17-12-30(11-16-22(17)28-29-23(16)31)10-15(21-18(25)6-4-7-19(21)26)14-9-27-20-8-3-2-5-13(14)20/h2-9,11-12,15,27H,10H2,1H3,(H,29,31)/t15-/m1/s1. The number of aromatic amines is 2. The molecule has 0 spiro atoms. The fourth-order valence-electron chi connectivity index (χ4n) is 4.24. The fraction of sp³-hybridized carbons (Fsp3) is 0.125. The van der Waals surface area contributed by atoms with Crippen LogP contribution in [0.4, 0.5) is 4.39 Å². The number of nitrogens with zero attached hydrogens (tertiary/aromatic N) is 2. The van der Waals surface area contributed by atoms with Crippen molar-refractivity contribution in [3.05, 3.63) is 98.9 Å². The average molecular weight is 465 g/mol. The average Bonchev–Trinajstić information content (AvgIpc) is 3.41.